The van der Waals surface area contributed by atoms with Gasteiger partial charge in [0.15, 0.2) is 11.4 Å². The van der Waals surface area contributed by atoms with Crippen LogP contribution in [-0.2, 0) is 4.79 Å². The van der Waals surface area contributed by atoms with Crippen LogP contribution in [0, 0.1) is 0 Å². The lowest BCUT2D eigenvalue weighted by Gasteiger charge is -2.21. The number of carbonyl (C=O) groups excluding carboxylic acids is 1. The molecule has 0 aliphatic carbocycles. The lowest BCUT2D eigenvalue weighted by atomic mass is 10.1. The van der Waals surface area contributed by atoms with Crippen molar-refractivity contribution in [3.8, 4) is 0 Å². The molecule has 0 spiro atoms. The zero-order chi connectivity index (χ0) is 8.91. The predicted octanol–water partition coefficient (Wildman–Crippen LogP) is -0.996. The number of ketones is 1. The van der Waals surface area contributed by atoms with E-state index in [1.165, 1.54) is 6.92 Å². The maximum Gasteiger partial charge on any atom is 0.181 e. The molecule has 1 atom stereocenters. The van der Waals surface area contributed by atoms with Crippen molar-refractivity contribution < 1.29 is 4.79 Å². The molecule has 0 saturated heterocycles. The third-order valence-corrected chi connectivity index (χ3v) is 1.33. The van der Waals surface area contributed by atoms with Crippen LogP contribution in [0.15, 0.2) is 5.11 Å². The van der Waals surface area contributed by atoms with Gasteiger partial charge in [0, 0.05) is 11.5 Å². The molecule has 0 aromatic rings. The Morgan fingerprint density at radius 2 is 2.45 bits per heavy atom. The summed E-state index contributed by atoms with van der Waals surface area (Å²) in [6.07, 6.45) is 0. The molecule has 5 N–H and O–H groups in total. The van der Waals surface area contributed by atoms with Gasteiger partial charge in [0.05, 0.1) is 0 Å². The van der Waals surface area contributed by atoms with Gasteiger partial charge in [0.1, 0.15) is 0 Å². The standard InChI is InChI=1S/C4H10N6O/c1-3(11)4(2-5,8-6)9-10-7/h8H,2,5-6H2,1H3. The molecule has 0 aliphatic rings. The zero-order valence-corrected chi connectivity index (χ0v) is 6.11. The highest BCUT2D eigenvalue weighted by molar-refractivity contribution is 5.86. The van der Waals surface area contributed by atoms with Gasteiger partial charge in [-0.25, -0.2) is 5.43 Å². The Balaban J connectivity index is 4.74. The molecule has 1 unspecified atom stereocenters. The van der Waals surface area contributed by atoms with Crippen molar-refractivity contribution in [3.63, 3.8) is 0 Å². The summed E-state index contributed by atoms with van der Waals surface area (Å²) in [7, 11) is 0. The largest absolute Gasteiger partial charge is 0.328 e. The minimum absolute atomic E-state index is 0.164. The summed E-state index contributed by atoms with van der Waals surface area (Å²) >= 11 is 0. The lowest BCUT2D eigenvalue weighted by molar-refractivity contribution is -0.122. The van der Waals surface area contributed by atoms with E-state index in [0.717, 1.165) is 0 Å². The number of nitrogens with two attached hydrogens (primary N) is 2. The predicted molar refractivity (Wildman–Crippen MR) is 38.9 cm³/mol. The van der Waals surface area contributed by atoms with Gasteiger partial charge < -0.3 is 5.73 Å². The van der Waals surface area contributed by atoms with Gasteiger partial charge in [-0.2, -0.15) is 0 Å². The van der Waals surface area contributed by atoms with Crippen LogP contribution >= 0.6 is 0 Å². The quantitative estimate of drug-likeness (QED) is 0.159. The second-order valence-electron chi connectivity index (χ2n) is 1.95. The molecule has 0 aliphatic heterocycles. The fourth-order valence-corrected chi connectivity index (χ4v) is 0.521. The smallest absolute Gasteiger partial charge is 0.181 e. The van der Waals surface area contributed by atoms with E-state index in [9.17, 15) is 4.79 Å². The molecule has 0 bridgehead atoms. The van der Waals surface area contributed by atoms with E-state index in [0.29, 0.717) is 0 Å². The number of nitrogens with one attached hydrogen (secondary N) is 1. The van der Waals surface area contributed by atoms with Crippen molar-refractivity contribution in [2.24, 2.45) is 16.7 Å². The molecule has 0 heterocycles. The highest BCUT2D eigenvalue weighted by Gasteiger charge is 2.31. The van der Waals surface area contributed by atoms with E-state index < -0.39 is 11.4 Å². The van der Waals surface area contributed by atoms with E-state index in [2.05, 4.69) is 15.5 Å². The maximum atomic E-state index is 10.8. The van der Waals surface area contributed by atoms with Crippen LogP contribution in [0.3, 0.4) is 0 Å². The van der Waals surface area contributed by atoms with E-state index in [-0.39, 0.29) is 6.54 Å². The average molecular weight is 158 g/mol. The number of nitrogens with zero attached hydrogens (tertiary/aromatic N) is 3. The van der Waals surface area contributed by atoms with Gasteiger partial charge in [-0.3, -0.25) is 10.6 Å². The Kier molecular flexibility index (Phi) is 3.49. The molecule has 7 nitrogen and oxygen atoms in total. The Bertz CT molecular complexity index is 187. The summed E-state index contributed by atoms with van der Waals surface area (Å²) < 4.78 is 0. The Morgan fingerprint density at radius 1 is 1.91 bits per heavy atom. The minimum atomic E-state index is -1.49. The normalized spacial score (nSPS) is 14.8. The SMILES string of the molecule is CC(=O)C(CN)(N=[N+]=[N-])NN. The first-order valence-corrected chi connectivity index (χ1v) is 2.88. The molecule has 0 rings (SSSR count). The first kappa shape index (κ1) is 9.86. The molecule has 0 saturated carbocycles. The van der Waals surface area contributed by atoms with Crippen molar-refractivity contribution in [3.05, 3.63) is 10.4 Å². The van der Waals surface area contributed by atoms with Crippen LogP contribution in [0.1, 0.15) is 6.92 Å². The fraction of sp³-hybridized carbons (Fsp3) is 0.750. The number of hydrazine groups is 1. The zero-order valence-electron chi connectivity index (χ0n) is 6.11. The Labute approximate surface area is 63.3 Å². The molecule has 11 heavy (non-hydrogen) atoms. The summed E-state index contributed by atoms with van der Waals surface area (Å²) in [5.74, 6) is 4.57. The van der Waals surface area contributed by atoms with Crippen LogP contribution in [0.2, 0.25) is 0 Å². The van der Waals surface area contributed by atoms with Gasteiger partial charge in [-0.1, -0.05) is 5.11 Å². The van der Waals surface area contributed by atoms with Crippen LogP contribution in [0.4, 0.5) is 0 Å². The highest BCUT2D eigenvalue weighted by Crippen LogP contribution is 2.04. The molecule has 0 aromatic heterocycles. The number of hydrogen-bond acceptors (Lipinski definition) is 5. The molecule has 0 amide bonds. The Morgan fingerprint density at radius 3 is 2.55 bits per heavy atom. The summed E-state index contributed by atoms with van der Waals surface area (Å²) in [6, 6.07) is 0. The second kappa shape index (κ2) is 3.89. The fourth-order valence-electron chi connectivity index (χ4n) is 0.521. The van der Waals surface area contributed by atoms with Crippen molar-refractivity contribution in [2.45, 2.75) is 12.6 Å². The van der Waals surface area contributed by atoms with E-state index >= 15 is 0 Å². The highest BCUT2D eigenvalue weighted by atomic mass is 16.1. The molecular weight excluding hydrogens is 148 g/mol. The summed E-state index contributed by atoms with van der Waals surface area (Å²) in [5, 5.41) is 3.16. The van der Waals surface area contributed by atoms with Gasteiger partial charge in [-0.15, -0.1) is 0 Å². The third kappa shape index (κ3) is 1.89. The van der Waals surface area contributed by atoms with Crippen LogP contribution in [0.25, 0.3) is 10.4 Å². The summed E-state index contributed by atoms with van der Waals surface area (Å²) in [4.78, 5) is 13.3. The third-order valence-electron chi connectivity index (χ3n) is 1.33. The van der Waals surface area contributed by atoms with Gasteiger partial charge in [0.25, 0.3) is 0 Å². The van der Waals surface area contributed by atoms with Gasteiger partial charge in [0.2, 0.25) is 0 Å². The molecule has 0 radical (unpaired) electrons. The number of azide groups is 1. The van der Waals surface area contributed by atoms with Crippen LogP contribution in [0.5, 0.6) is 0 Å². The number of Topliss-reactive ketones (excluding diaryl/α,β-unsaturated/α-hetero) is 1. The topological polar surface area (TPSA) is 130 Å². The average Bonchev–Trinajstić information content (AvgIpc) is 2.00. The monoisotopic (exact) mass is 158 g/mol. The molecular formula is C4H10N6O. The number of rotatable bonds is 4. The van der Waals surface area contributed by atoms with Gasteiger partial charge in [-0.05, 0) is 12.5 Å². The molecule has 0 aromatic carbocycles. The minimum Gasteiger partial charge on any atom is -0.328 e. The van der Waals surface area contributed by atoms with E-state index in [1.54, 1.807) is 0 Å². The van der Waals surface area contributed by atoms with E-state index in [1.807, 2.05) is 0 Å². The van der Waals surface area contributed by atoms with E-state index in [4.69, 9.17) is 17.1 Å². The van der Waals surface area contributed by atoms with Crippen molar-refractivity contribution in [1.82, 2.24) is 5.43 Å². The lowest BCUT2D eigenvalue weighted by Crippen LogP contribution is -2.57. The number of carbonyl (C=O) groups is 1. The first-order valence-electron chi connectivity index (χ1n) is 2.88. The van der Waals surface area contributed by atoms with Gasteiger partial charge >= 0.3 is 0 Å². The first-order chi connectivity index (χ1) is 5.13. The van der Waals surface area contributed by atoms with Crippen molar-refractivity contribution >= 4 is 5.78 Å². The molecule has 0 fully saturated rings. The Hall–Kier alpha value is -1.14. The number of hydrogen-bond donors (Lipinski definition) is 3. The summed E-state index contributed by atoms with van der Waals surface area (Å²) in [6.45, 7) is 1.07. The molecule has 7 heteroatoms. The van der Waals surface area contributed by atoms with Crippen molar-refractivity contribution in [2.75, 3.05) is 6.54 Å². The van der Waals surface area contributed by atoms with Crippen LogP contribution in [-0.4, -0.2) is 18.0 Å². The second-order valence-corrected chi connectivity index (χ2v) is 1.95. The molecule has 62 valence electrons. The maximum absolute atomic E-state index is 10.8. The summed E-state index contributed by atoms with van der Waals surface area (Å²) in [5.41, 5.74) is 13.8. The van der Waals surface area contributed by atoms with Crippen molar-refractivity contribution in [1.29, 1.82) is 0 Å². The van der Waals surface area contributed by atoms with Crippen LogP contribution < -0.4 is 17.0 Å².